The Morgan fingerprint density at radius 1 is 1.40 bits per heavy atom. The number of hydrogen-bond acceptors (Lipinski definition) is 4. The minimum atomic E-state index is -1.10. The number of para-hydroxylation sites is 1. The first-order valence-corrected chi connectivity index (χ1v) is 6.44. The summed E-state index contributed by atoms with van der Waals surface area (Å²) in [5.74, 6) is 1.07. The van der Waals surface area contributed by atoms with Crippen LogP contribution < -0.4 is 10.1 Å². The van der Waals surface area contributed by atoms with Gasteiger partial charge in [-0.1, -0.05) is 28.9 Å². The van der Waals surface area contributed by atoms with Crippen molar-refractivity contribution in [2.24, 2.45) is 0 Å². The number of halogens is 1. The molecule has 0 bridgehead atoms. The van der Waals surface area contributed by atoms with Crippen molar-refractivity contribution in [3.05, 3.63) is 41.1 Å². The number of carbonyl (C=O) groups excluding carboxylic acids is 1. The summed E-state index contributed by atoms with van der Waals surface area (Å²) in [6.45, 7) is 5.05. The molecule has 0 aliphatic carbocycles. The van der Waals surface area contributed by atoms with E-state index in [1.54, 1.807) is 51.1 Å². The van der Waals surface area contributed by atoms with E-state index in [9.17, 15) is 4.79 Å². The van der Waals surface area contributed by atoms with Crippen molar-refractivity contribution in [1.29, 1.82) is 0 Å². The number of hydrogen-bond donors (Lipinski definition) is 1. The summed E-state index contributed by atoms with van der Waals surface area (Å²) >= 11 is 6.01. The first-order chi connectivity index (χ1) is 9.38. The molecule has 1 amide bonds. The van der Waals surface area contributed by atoms with E-state index < -0.39 is 5.60 Å². The van der Waals surface area contributed by atoms with E-state index in [1.807, 2.05) is 0 Å². The summed E-state index contributed by atoms with van der Waals surface area (Å²) in [4.78, 5) is 12.2. The maximum atomic E-state index is 12.2. The van der Waals surface area contributed by atoms with E-state index in [-0.39, 0.29) is 5.91 Å². The second kappa shape index (κ2) is 5.54. The van der Waals surface area contributed by atoms with Crippen LogP contribution in [0.1, 0.15) is 19.6 Å². The maximum absolute atomic E-state index is 12.2. The summed E-state index contributed by atoms with van der Waals surface area (Å²) in [5, 5.41) is 6.79. The third-order valence-corrected chi connectivity index (χ3v) is 2.93. The molecule has 6 heteroatoms. The van der Waals surface area contributed by atoms with Crippen molar-refractivity contribution in [3.8, 4) is 5.75 Å². The lowest BCUT2D eigenvalue weighted by molar-refractivity contribution is -0.128. The third kappa shape index (κ3) is 3.30. The number of nitrogens with zero attached hydrogens (tertiary/aromatic N) is 1. The molecule has 20 heavy (non-hydrogen) atoms. The van der Waals surface area contributed by atoms with Crippen molar-refractivity contribution >= 4 is 23.3 Å². The van der Waals surface area contributed by atoms with Crippen LogP contribution >= 0.6 is 11.6 Å². The lowest BCUT2D eigenvalue weighted by Gasteiger charge is -2.25. The van der Waals surface area contributed by atoms with Crippen LogP contribution in [0.4, 0.5) is 5.82 Å². The number of nitrogens with one attached hydrogen (secondary N) is 1. The molecule has 0 unspecified atom stereocenters. The van der Waals surface area contributed by atoms with Crippen LogP contribution in [-0.4, -0.2) is 16.7 Å². The van der Waals surface area contributed by atoms with Crippen LogP contribution in [-0.2, 0) is 4.79 Å². The quantitative estimate of drug-likeness (QED) is 0.938. The Morgan fingerprint density at radius 2 is 2.10 bits per heavy atom. The predicted octanol–water partition coefficient (Wildman–Crippen LogP) is 3.43. The molecule has 0 saturated heterocycles. The molecule has 1 heterocycles. The molecule has 0 saturated carbocycles. The van der Waals surface area contributed by atoms with Crippen molar-refractivity contribution < 1.29 is 14.1 Å². The summed E-state index contributed by atoms with van der Waals surface area (Å²) in [6, 6.07) is 8.61. The molecular weight excluding hydrogens is 280 g/mol. The van der Waals surface area contributed by atoms with Crippen molar-refractivity contribution in [1.82, 2.24) is 5.16 Å². The first-order valence-electron chi connectivity index (χ1n) is 6.07. The van der Waals surface area contributed by atoms with Crippen molar-refractivity contribution in [2.75, 3.05) is 5.32 Å². The number of aromatic nitrogens is 1. The standard InChI is InChI=1S/C14H15ClN2O3/c1-9-8-12(17-20-9)16-13(18)14(2,3)19-11-7-5-4-6-10(11)15/h4-8H,1-3H3,(H,16,17,18). The number of rotatable bonds is 4. The minimum absolute atomic E-state index is 0.342. The topological polar surface area (TPSA) is 64.4 Å². The van der Waals surface area contributed by atoms with Gasteiger partial charge in [-0.05, 0) is 32.9 Å². The number of amides is 1. The molecule has 0 spiro atoms. The summed E-state index contributed by atoms with van der Waals surface area (Å²) in [6.07, 6.45) is 0. The summed E-state index contributed by atoms with van der Waals surface area (Å²) < 4.78 is 10.6. The first kappa shape index (κ1) is 14.4. The van der Waals surface area contributed by atoms with Gasteiger partial charge in [0.2, 0.25) is 0 Å². The molecule has 0 aliphatic rings. The Balaban J connectivity index is 2.09. The molecule has 2 rings (SSSR count). The molecule has 5 nitrogen and oxygen atoms in total. The van der Waals surface area contributed by atoms with Gasteiger partial charge in [0.15, 0.2) is 11.4 Å². The van der Waals surface area contributed by atoms with Gasteiger partial charge in [-0.15, -0.1) is 0 Å². The average molecular weight is 295 g/mol. The molecule has 106 valence electrons. The van der Waals surface area contributed by atoms with Gasteiger partial charge in [-0.2, -0.15) is 0 Å². The highest BCUT2D eigenvalue weighted by molar-refractivity contribution is 6.32. The SMILES string of the molecule is Cc1cc(NC(=O)C(C)(C)Oc2ccccc2Cl)no1. The Labute approximate surface area is 121 Å². The largest absolute Gasteiger partial charge is 0.476 e. The third-order valence-electron chi connectivity index (χ3n) is 2.62. The van der Waals surface area contributed by atoms with Crippen LogP contribution in [0.2, 0.25) is 5.02 Å². The van der Waals surface area contributed by atoms with Crippen molar-refractivity contribution in [3.63, 3.8) is 0 Å². The van der Waals surface area contributed by atoms with Crippen LogP contribution in [0.15, 0.2) is 34.9 Å². The molecule has 1 aromatic heterocycles. The van der Waals surface area contributed by atoms with Crippen LogP contribution in [0.5, 0.6) is 5.75 Å². The fourth-order valence-electron chi connectivity index (χ4n) is 1.54. The number of aryl methyl sites for hydroxylation is 1. The second-order valence-corrected chi connectivity index (χ2v) is 5.23. The average Bonchev–Trinajstić information content (AvgIpc) is 2.77. The van der Waals surface area contributed by atoms with E-state index in [2.05, 4.69) is 10.5 Å². The van der Waals surface area contributed by atoms with Gasteiger partial charge in [0.05, 0.1) is 5.02 Å². The van der Waals surface area contributed by atoms with Gasteiger partial charge in [0.25, 0.3) is 5.91 Å². The number of anilines is 1. The smallest absolute Gasteiger partial charge is 0.269 e. The fourth-order valence-corrected chi connectivity index (χ4v) is 1.72. The number of carbonyl (C=O) groups is 1. The van der Waals surface area contributed by atoms with E-state index in [0.717, 1.165) is 0 Å². The predicted molar refractivity (Wildman–Crippen MR) is 76.0 cm³/mol. The molecule has 0 fully saturated rings. The molecule has 0 radical (unpaired) electrons. The second-order valence-electron chi connectivity index (χ2n) is 4.82. The van der Waals surface area contributed by atoms with Crippen molar-refractivity contribution in [2.45, 2.75) is 26.4 Å². The summed E-state index contributed by atoms with van der Waals surface area (Å²) in [5.41, 5.74) is -1.10. The zero-order valence-electron chi connectivity index (χ0n) is 11.4. The minimum Gasteiger partial charge on any atom is -0.476 e. The van der Waals surface area contributed by atoms with Crippen LogP contribution in [0.25, 0.3) is 0 Å². The molecule has 0 aliphatic heterocycles. The van der Waals surface area contributed by atoms with Gasteiger partial charge in [0.1, 0.15) is 11.5 Å². The Kier molecular flexibility index (Phi) is 3.99. The molecule has 2 aromatic rings. The van der Waals surface area contributed by atoms with Gasteiger partial charge in [-0.25, -0.2) is 0 Å². The van der Waals surface area contributed by atoms with Gasteiger partial charge in [0, 0.05) is 6.07 Å². The normalized spacial score (nSPS) is 11.2. The van der Waals surface area contributed by atoms with E-state index in [1.165, 1.54) is 0 Å². The monoisotopic (exact) mass is 294 g/mol. The van der Waals surface area contributed by atoms with Crippen LogP contribution in [0.3, 0.4) is 0 Å². The molecular formula is C14H15ClN2O3. The Hall–Kier alpha value is -2.01. The lowest BCUT2D eigenvalue weighted by atomic mass is 10.1. The highest BCUT2D eigenvalue weighted by atomic mass is 35.5. The zero-order chi connectivity index (χ0) is 14.8. The zero-order valence-corrected chi connectivity index (χ0v) is 12.2. The van der Waals surface area contributed by atoms with Gasteiger partial charge < -0.3 is 14.6 Å². The highest BCUT2D eigenvalue weighted by Gasteiger charge is 2.31. The van der Waals surface area contributed by atoms with E-state index in [4.69, 9.17) is 20.9 Å². The Morgan fingerprint density at radius 3 is 2.70 bits per heavy atom. The Bertz CT molecular complexity index is 622. The number of ether oxygens (including phenoxy) is 1. The molecule has 1 aromatic carbocycles. The van der Waals surface area contributed by atoms with Gasteiger partial charge in [-0.3, -0.25) is 4.79 Å². The highest BCUT2D eigenvalue weighted by Crippen LogP contribution is 2.27. The lowest BCUT2D eigenvalue weighted by Crippen LogP contribution is -2.42. The van der Waals surface area contributed by atoms with Crippen LogP contribution in [0, 0.1) is 6.92 Å². The molecule has 0 atom stereocenters. The molecule has 1 N–H and O–H groups in total. The number of benzene rings is 1. The fraction of sp³-hybridized carbons (Fsp3) is 0.286. The maximum Gasteiger partial charge on any atom is 0.269 e. The summed E-state index contributed by atoms with van der Waals surface area (Å²) in [7, 11) is 0. The van der Waals surface area contributed by atoms with E-state index in [0.29, 0.717) is 22.4 Å². The van der Waals surface area contributed by atoms with E-state index >= 15 is 0 Å². The van der Waals surface area contributed by atoms with Gasteiger partial charge >= 0.3 is 0 Å².